The quantitative estimate of drug-likeness (QED) is 0.840. The molecule has 1 N–H and O–H groups in total. The Kier molecular flexibility index (Phi) is 5.06. The smallest absolute Gasteiger partial charge is 0.158 e. The van der Waals surface area contributed by atoms with Gasteiger partial charge in [-0.2, -0.15) is 0 Å². The zero-order chi connectivity index (χ0) is 14.4. The Morgan fingerprint density at radius 1 is 1.25 bits per heavy atom. The van der Waals surface area contributed by atoms with Crippen molar-refractivity contribution in [1.82, 2.24) is 19.5 Å². The number of ether oxygens (including phenoxy) is 1. The molecule has 20 heavy (non-hydrogen) atoms. The minimum atomic E-state index is 0.412. The van der Waals surface area contributed by atoms with Gasteiger partial charge in [0.2, 0.25) is 0 Å². The Morgan fingerprint density at radius 3 is 2.80 bits per heavy atom. The number of hydrogen-bond donors (Lipinski definition) is 1. The lowest BCUT2D eigenvalue weighted by atomic mass is 10.3. The van der Waals surface area contributed by atoms with Crippen molar-refractivity contribution in [3.63, 3.8) is 0 Å². The third kappa shape index (κ3) is 3.33. The summed E-state index contributed by atoms with van der Waals surface area (Å²) in [6.07, 6.45) is 3.74. The lowest BCUT2D eigenvalue weighted by molar-refractivity contribution is 0.128. The summed E-state index contributed by atoms with van der Waals surface area (Å²) in [4.78, 5) is 13.4. The van der Waals surface area contributed by atoms with Gasteiger partial charge in [-0.1, -0.05) is 0 Å². The van der Waals surface area contributed by atoms with Gasteiger partial charge in [0.05, 0.1) is 0 Å². The first kappa shape index (κ1) is 14.5. The average Bonchev–Trinajstić information content (AvgIpc) is 2.93. The predicted octanol–water partition coefficient (Wildman–Crippen LogP) is 2.33. The fourth-order valence-corrected chi connectivity index (χ4v) is 1.94. The number of anilines is 1. The molecule has 0 aliphatic heterocycles. The molecule has 2 rings (SSSR count). The van der Waals surface area contributed by atoms with Crippen LogP contribution >= 0.6 is 0 Å². The van der Waals surface area contributed by atoms with Crippen molar-refractivity contribution < 1.29 is 4.74 Å². The van der Waals surface area contributed by atoms with Crippen molar-refractivity contribution in [3.05, 3.63) is 24.3 Å². The molecule has 6 nitrogen and oxygen atoms in total. The maximum absolute atomic E-state index is 5.40. The average molecular weight is 275 g/mol. The van der Waals surface area contributed by atoms with Crippen LogP contribution in [0.3, 0.4) is 0 Å². The molecular weight excluding hydrogens is 254 g/mol. The number of nitrogens with one attached hydrogen (secondary N) is 1. The Bertz CT molecular complexity index is 552. The van der Waals surface area contributed by atoms with Crippen LogP contribution in [-0.4, -0.2) is 32.7 Å². The summed E-state index contributed by atoms with van der Waals surface area (Å²) >= 11 is 0. The predicted molar refractivity (Wildman–Crippen MR) is 78.4 cm³/mol. The van der Waals surface area contributed by atoms with E-state index in [9.17, 15) is 0 Å². The van der Waals surface area contributed by atoms with Crippen LogP contribution in [-0.2, 0) is 17.9 Å². The highest BCUT2D eigenvalue weighted by atomic mass is 16.5. The van der Waals surface area contributed by atoms with Crippen LogP contribution in [0.25, 0.3) is 11.5 Å². The molecular formula is C14H21N5O. The molecule has 0 aromatic carbocycles. The number of nitrogens with zero attached hydrogens (tertiary/aromatic N) is 4. The summed E-state index contributed by atoms with van der Waals surface area (Å²) in [5, 5.41) is 3.22. The number of imidazole rings is 1. The van der Waals surface area contributed by atoms with E-state index in [1.807, 2.05) is 26.1 Å². The van der Waals surface area contributed by atoms with Gasteiger partial charge >= 0.3 is 0 Å². The molecule has 0 saturated heterocycles. The van der Waals surface area contributed by atoms with Gasteiger partial charge in [-0.05, 0) is 20.8 Å². The highest BCUT2D eigenvalue weighted by molar-refractivity contribution is 5.55. The summed E-state index contributed by atoms with van der Waals surface area (Å²) in [5.41, 5.74) is 0.817. The number of rotatable bonds is 7. The zero-order valence-electron chi connectivity index (χ0n) is 12.3. The fourth-order valence-electron chi connectivity index (χ4n) is 1.94. The second-order valence-electron chi connectivity index (χ2n) is 4.26. The van der Waals surface area contributed by atoms with Crippen LogP contribution in [0.5, 0.6) is 0 Å². The molecule has 0 bridgehead atoms. The summed E-state index contributed by atoms with van der Waals surface area (Å²) in [6, 6.07) is 1.92. The number of aromatic nitrogens is 4. The first-order valence-corrected chi connectivity index (χ1v) is 6.99. The molecule has 0 radical (unpaired) electrons. The van der Waals surface area contributed by atoms with Crippen molar-refractivity contribution in [1.29, 1.82) is 0 Å². The zero-order valence-corrected chi connectivity index (χ0v) is 12.3. The van der Waals surface area contributed by atoms with Crippen LogP contribution in [0.15, 0.2) is 18.5 Å². The standard InChI is InChI=1S/C14H21N5O/c1-4-15-12-9-11(14-16-7-8-19(14)5-2)17-13(18-12)10-20-6-3/h7-9H,4-6,10H2,1-3H3,(H,15,17,18). The van der Waals surface area contributed by atoms with Gasteiger partial charge < -0.3 is 14.6 Å². The Hall–Kier alpha value is -1.95. The van der Waals surface area contributed by atoms with Crippen LogP contribution in [0.1, 0.15) is 26.6 Å². The molecule has 6 heteroatoms. The van der Waals surface area contributed by atoms with E-state index >= 15 is 0 Å². The molecule has 108 valence electrons. The lowest BCUT2D eigenvalue weighted by Gasteiger charge is -2.10. The molecule has 0 amide bonds. The van der Waals surface area contributed by atoms with E-state index in [0.717, 1.165) is 30.4 Å². The monoisotopic (exact) mass is 275 g/mol. The van der Waals surface area contributed by atoms with Gasteiger partial charge in [-0.3, -0.25) is 0 Å². The van der Waals surface area contributed by atoms with Crippen molar-refractivity contribution in [2.75, 3.05) is 18.5 Å². The van der Waals surface area contributed by atoms with Crippen LogP contribution < -0.4 is 5.32 Å². The topological polar surface area (TPSA) is 64.9 Å². The maximum atomic E-state index is 5.40. The number of aryl methyl sites for hydroxylation is 1. The summed E-state index contributed by atoms with van der Waals surface area (Å²) in [6.45, 7) is 8.81. The van der Waals surface area contributed by atoms with E-state index in [0.29, 0.717) is 19.0 Å². The van der Waals surface area contributed by atoms with Crippen molar-refractivity contribution in [2.45, 2.75) is 33.9 Å². The second kappa shape index (κ2) is 7.00. The van der Waals surface area contributed by atoms with E-state index < -0.39 is 0 Å². The molecule has 0 spiro atoms. The minimum absolute atomic E-state index is 0.412. The highest BCUT2D eigenvalue weighted by Crippen LogP contribution is 2.18. The summed E-state index contributed by atoms with van der Waals surface area (Å²) < 4.78 is 7.46. The van der Waals surface area contributed by atoms with E-state index in [4.69, 9.17) is 4.74 Å². The van der Waals surface area contributed by atoms with Crippen molar-refractivity contribution >= 4 is 5.82 Å². The van der Waals surface area contributed by atoms with Gasteiger partial charge in [-0.15, -0.1) is 0 Å². The molecule has 0 unspecified atom stereocenters. The molecule has 0 fully saturated rings. The minimum Gasteiger partial charge on any atom is -0.374 e. The van der Waals surface area contributed by atoms with Crippen LogP contribution in [0.2, 0.25) is 0 Å². The molecule has 2 heterocycles. The Morgan fingerprint density at radius 2 is 2.10 bits per heavy atom. The fraction of sp³-hybridized carbons (Fsp3) is 0.500. The van der Waals surface area contributed by atoms with Crippen LogP contribution in [0.4, 0.5) is 5.82 Å². The Balaban J connectivity index is 2.38. The molecule has 0 aliphatic rings. The lowest BCUT2D eigenvalue weighted by Crippen LogP contribution is -2.07. The van der Waals surface area contributed by atoms with E-state index in [2.05, 4.69) is 31.8 Å². The van der Waals surface area contributed by atoms with Crippen molar-refractivity contribution in [3.8, 4) is 11.5 Å². The second-order valence-corrected chi connectivity index (χ2v) is 4.26. The molecule has 0 aliphatic carbocycles. The summed E-state index contributed by atoms with van der Waals surface area (Å²) in [5.74, 6) is 2.33. The number of hydrogen-bond acceptors (Lipinski definition) is 5. The first-order valence-electron chi connectivity index (χ1n) is 6.99. The SMILES string of the molecule is CCNc1cc(-c2nccn2CC)nc(COCC)n1. The van der Waals surface area contributed by atoms with E-state index in [1.165, 1.54) is 0 Å². The van der Waals surface area contributed by atoms with Gasteiger partial charge in [0, 0.05) is 38.2 Å². The summed E-state index contributed by atoms with van der Waals surface area (Å²) in [7, 11) is 0. The van der Waals surface area contributed by atoms with Crippen molar-refractivity contribution in [2.24, 2.45) is 0 Å². The maximum Gasteiger partial charge on any atom is 0.158 e. The first-order chi connectivity index (χ1) is 9.78. The molecule has 2 aromatic rings. The normalized spacial score (nSPS) is 10.8. The molecule has 0 atom stereocenters. The van der Waals surface area contributed by atoms with Gasteiger partial charge in [-0.25, -0.2) is 15.0 Å². The van der Waals surface area contributed by atoms with Gasteiger partial charge in [0.25, 0.3) is 0 Å². The van der Waals surface area contributed by atoms with Gasteiger partial charge in [0.15, 0.2) is 11.6 Å². The van der Waals surface area contributed by atoms with Crippen LogP contribution in [0, 0.1) is 0 Å². The van der Waals surface area contributed by atoms with E-state index in [-0.39, 0.29) is 0 Å². The van der Waals surface area contributed by atoms with Gasteiger partial charge in [0.1, 0.15) is 18.1 Å². The Labute approximate surface area is 119 Å². The molecule has 0 saturated carbocycles. The highest BCUT2D eigenvalue weighted by Gasteiger charge is 2.11. The largest absolute Gasteiger partial charge is 0.374 e. The third-order valence-electron chi connectivity index (χ3n) is 2.85. The van der Waals surface area contributed by atoms with E-state index in [1.54, 1.807) is 6.20 Å². The third-order valence-corrected chi connectivity index (χ3v) is 2.85. The molecule has 2 aromatic heterocycles.